The second-order valence-electron chi connectivity index (χ2n) is 3.90. The van der Waals surface area contributed by atoms with Crippen LogP contribution in [0.2, 0.25) is 0 Å². The Hall–Kier alpha value is -0.870. The van der Waals surface area contributed by atoms with Crippen LogP contribution in [0.3, 0.4) is 0 Å². The van der Waals surface area contributed by atoms with Crippen LogP contribution < -0.4 is 5.73 Å². The van der Waals surface area contributed by atoms with Gasteiger partial charge in [-0.25, -0.2) is 8.42 Å². The van der Waals surface area contributed by atoms with Crippen molar-refractivity contribution in [2.75, 3.05) is 12.3 Å². The van der Waals surface area contributed by atoms with Gasteiger partial charge < -0.3 is 5.73 Å². The van der Waals surface area contributed by atoms with E-state index in [1.165, 1.54) is 5.56 Å². The first kappa shape index (κ1) is 10.6. The number of fused-ring (bicyclic) bond motifs is 1. The van der Waals surface area contributed by atoms with Crippen molar-refractivity contribution >= 4 is 9.84 Å². The lowest BCUT2D eigenvalue weighted by molar-refractivity contribution is 0.600. The van der Waals surface area contributed by atoms with Crippen LogP contribution >= 0.6 is 0 Å². The summed E-state index contributed by atoms with van der Waals surface area (Å²) in [6.07, 6.45) is 2.55. The second kappa shape index (κ2) is 3.94. The van der Waals surface area contributed by atoms with Gasteiger partial charge in [-0.15, -0.1) is 0 Å². The fourth-order valence-electron chi connectivity index (χ4n) is 1.95. The van der Waals surface area contributed by atoms with Gasteiger partial charge in [0, 0.05) is 0 Å². The summed E-state index contributed by atoms with van der Waals surface area (Å²) in [5, 5.41) is 0. The van der Waals surface area contributed by atoms with Crippen molar-refractivity contribution < 1.29 is 8.42 Å². The molecule has 0 fully saturated rings. The molecule has 0 unspecified atom stereocenters. The van der Waals surface area contributed by atoms with E-state index in [0.29, 0.717) is 17.9 Å². The van der Waals surface area contributed by atoms with Gasteiger partial charge in [-0.05, 0) is 43.0 Å². The number of rotatable bonds is 3. The van der Waals surface area contributed by atoms with E-state index in [9.17, 15) is 8.42 Å². The molecule has 0 aliphatic carbocycles. The molecular formula is C11H15NO2S. The Morgan fingerprint density at radius 1 is 1.33 bits per heavy atom. The fourth-order valence-corrected chi connectivity index (χ4v) is 3.49. The largest absolute Gasteiger partial charge is 0.330 e. The van der Waals surface area contributed by atoms with Crippen molar-refractivity contribution in [3.63, 3.8) is 0 Å². The molecule has 0 atom stereocenters. The number of aryl methyl sites for hydroxylation is 2. The van der Waals surface area contributed by atoms with E-state index in [0.717, 1.165) is 18.4 Å². The molecule has 1 aliphatic rings. The van der Waals surface area contributed by atoms with Gasteiger partial charge in [0.05, 0.1) is 10.6 Å². The summed E-state index contributed by atoms with van der Waals surface area (Å²) in [5.41, 5.74) is 7.60. The van der Waals surface area contributed by atoms with E-state index in [-0.39, 0.29) is 5.75 Å². The standard InChI is InChI=1S/C11H15NO2S/c12-6-1-2-9-3-4-11-10(8-9)5-7-15(11,13)14/h3-4,8H,1-2,5-7,12H2. The van der Waals surface area contributed by atoms with Gasteiger partial charge in [0.1, 0.15) is 0 Å². The van der Waals surface area contributed by atoms with Crippen LogP contribution in [0.4, 0.5) is 0 Å². The lowest BCUT2D eigenvalue weighted by Gasteiger charge is -2.03. The molecule has 1 heterocycles. The number of benzene rings is 1. The van der Waals surface area contributed by atoms with E-state index in [2.05, 4.69) is 0 Å². The van der Waals surface area contributed by atoms with Crippen molar-refractivity contribution in [3.05, 3.63) is 29.3 Å². The molecule has 15 heavy (non-hydrogen) atoms. The third kappa shape index (κ3) is 2.06. The van der Waals surface area contributed by atoms with Crippen molar-refractivity contribution in [2.45, 2.75) is 24.2 Å². The number of sulfone groups is 1. The molecule has 0 saturated heterocycles. The summed E-state index contributed by atoms with van der Waals surface area (Å²) in [7, 11) is -2.97. The topological polar surface area (TPSA) is 60.2 Å². The molecule has 0 spiro atoms. The lowest BCUT2D eigenvalue weighted by atomic mass is 10.1. The minimum Gasteiger partial charge on any atom is -0.330 e. The number of hydrogen-bond acceptors (Lipinski definition) is 3. The van der Waals surface area contributed by atoms with E-state index in [1.54, 1.807) is 6.07 Å². The molecule has 0 aromatic heterocycles. The molecule has 2 N–H and O–H groups in total. The maximum atomic E-state index is 11.6. The Morgan fingerprint density at radius 3 is 2.87 bits per heavy atom. The van der Waals surface area contributed by atoms with Crippen molar-refractivity contribution in [1.29, 1.82) is 0 Å². The SMILES string of the molecule is NCCCc1ccc2c(c1)CCS2(=O)=O. The highest BCUT2D eigenvalue weighted by atomic mass is 32.2. The van der Waals surface area contributed by atoms with Gasteiger partial charge in [-0.2, -0.15) is 0 Å². The molecule has 1 aromatic rings. The van der Waals surface area contributed by atoms with Gasteiger partial charge in [0.2, 0.25) is 0 Å². The highest BCUT2D eigenvalue weighted by Crippen LogP contribution is 2.26. The van der Waals surface area contributed by atoms with E-state index < -0.39 is 9.84 Å². The monoisotopic (exact) mass is 225 g/mol. The van der Waals surface area contributed by atoms with Crippen LogP contribution in [-0.2, 0) is 22.7 Å². The van der Waals surface area contributed by atoms with Crippen molar-refractivity contribution in [1.82, 2.24) is 0 Å². The molecule has 0 saturated carbocycles. The summed E-state index contributed by atoms with van der Waals surface area (Å²) in [6.45, 7) is 0.676. The third-order valence-electron chi connectivity index (χ3n) is 2.77. The predicted molar refractivity (Wildman–Crippen MR) is 59.6 cm³/mol. The molecule has 4 heteroatoms. The van der Waals surface area contributed by atoms with Crippen LogP contribution in [0, 0.1) is 0 Å². The van der Waals surface area contributed by atoms with Crippen molar-refractivity contribution in [3.8, 4) is 0 Å². The molecule has 2 rings (SSSR count). The number of nitrogens with two attached hydrogens (primary N) is 1. The van der Waals surface area contributed by atoms with E-state index >= 15 is 0 Å². The zero-order valence-electron chi connectivity index (χ0n) is 8.57. The van der Waals surface area contributed by atoms with Gasteiger partial charge in [0.25, 0.3) is 0 Å². The highest BCUT2D eigenvalue weighted by Gasteiger charge is 2.25. The molecule has 1 aliphatic heterocycles. The van der Waals surface area contributed by atoms with Crippen LogP contribution in [0.25, 0.3) is 0 Å². The van der Waals surface area contributed by atoms with Crippen LogP contribution in [0.1, 0.15) is 17.5 Å². The van der Waals surface area contributed by atoms with Crippen LogP contribution in [-0.4, -0.2) is 20.7 Å². The maximum Gasteiger partial charge on any atom is 0.178 e. The molecule has 3 nitrogen and oxygen atoms in total. The quantitative estimate of drug-likeness (QED) is 0.831. The first-order valence-corrected chi connectivity index (χ1v) is 6.83. The Kier molecular flexibility index (Phi) is 2.80. The van der Waals surface area contributed by atoms with Crippen molar-refractivity contribution in [2.24, 2.45) is 5.73 Å². The second-order valence-corrected chi connectivity index (χ2v) is 5.98. The first-order chi connectivity index (χ1) is 7.13. The summed E-state index contributed by atoms with van der Waals surface area (Å²) in [5.74, 6) is 0.267. The lowest BCUT2D eigenvalue weighted by Crippen LogP contribution is -2.01. The van der Waals surface area contributed by atoms with Gasteiger partial charge in [-0.3, -0.25) is 0 Å². The average molecular weight is 225 g/mol. The molecule has 0 bridgehead atoms. The predicted octanol–water partition coefficient (Wildman–Crippen LogP) is 0.908. The zero-order chi connectivity index (χ0) is 10.9. The molecule has 0 amide bonds. The minimum atomic E-state index is -2.97. The Balaban J connectivity index is 2.30. The summed E-state index contributed by atoms with van der Waals surface area (Å²) < 4.78 is 23.1. The summed E-state index contributed by atoms with van der Waals surface area (Å²) in [4.78, 5) is 0.527. The molecule has 0 radical (unpaired) electrons. The third-order valence-corrected chi connectivity index (χ3v) is 4.58. The zero-order valence-corrected chi connectivity index (χ0v) is 9.39. The molecule has 82 valence electrons. The average Bonchev–Trinajstić information content (AvgIpc) is 2.52. The number of hydrogen-bond donors (Lipinski definition) is 1. The molecule has 1 aromatic carbocycles. The normalized spacial score (nSPS) is 17.7. The molecular weight excluding hydrogens is 210 g/mol. The Bertz CT molecular complexity index is 465. The van der Waals surface area contributed by atoms with Gasteiger partial charge in [-0.1, -0.05) is 12.1 Å². The van der Waals surface area contributed by atoms with Gasteiger partial charge >= 0.3 is 0 Å². The maximum absolute atomic E-state index is 11.6. The first-order valence-electron chi connectivity index (χ1n) is 5.18. The van der Waals surface area contributed by atoms with Crippen LogP contribution in [0.15, 0.2) is 23.1 Å². The summed E-state index contributed by atoms with van der Waals surface area (Å²) in [6, 6.07) is 5.65. The van der Waals surface area contributed by atoms with E-state index in [1.807, 2.05) is 12.1 Å². The van der Waals surface area contributed by atoms with Gasteiger partial charge in [0.15, 0.2) is 9.84 Å². The Labute approximate surface area is 90.2 Å². The highest BCUT2D eigenvalue weighted by molar-refractivity contribution is 7.91. The fraction of sp³-hybridized carbons (Fsp3) is 0.455. The minimum absolute atomic E-state index is 0.267. The van der Waals surface area contributed by atoms with Crippen LogP contribution in [0.5, 0.6) is 0 Å². The summed E-state index contributed by atoms with van der Waals surface area (Å²) >= 11 is 0. The Morgan fingerprint density at radius 2 is 2.13 bits per heavy atom. The smallest absolute Gasteiger partial charge is 0.178 e. The van der Waals surface area contributed by atoms with E-state index in [4.69, 9.17) is 5.73 Å².